The molecule has 0 amide bonds. The number of epoxide rings is 1. The Balaban J connectivity index is 0.000000174. The summed E-state index contributed by atoms with van der Waals surface area (Å²) in [6.45, 7) is 8.42. The first-order chi connectivity index (χ1) is 18.6. The van der Waals surface area contributed by atoms with E-state index in [9.17, 15) is 19.2 Å². The molecule has 0 aromatic carbocycles. The summed E-state index contributed by atoms with van der Waals surface area (Å²) < 4.78 is 24.5. The molecular weight excluding hydrogens is 504 g/mol. The van der Waals surface area contributed by atoms with Gasteiger partial charge in [0.25, 0.3) is 0 Å². The van der Waals surface area contributed by atoms with Crippen molar-refractivity contribution in [1.29, 1.82) is 0 Å². The van der Waals surface area contributed by atoms with Crippen molar-refractivity contribution in [2.45, 2.75) is 117 Å². The third-order valence-electron chi connectivity index (χ3n) is 6.56. The summed E-state index contributed by atoms with van der Waals surface area (Å²) in [7, 11) is 1.76. The summed E-state index contributed by atoms with van der Waals surface area (Å²) in [5.74, 6) is 2.84. The van der Waals surface area contributed by atoms with Crippen LogP contribution >= 0.6 is 0 Å². The van der Waals surface area contributed by atoms with E-state index in [1.54, 1.807) is 14.0 Å². The smallest absolute Gasteiger partial charge is 0.303 e. The minimum Gasteiger partial charge on any atom is -0.466 e. The van der Waals surface area contributed by atoms with E-state index in [1.807, 2.05) is 0 Å². The van der Waals surface area contributed by atoms with E-state index in [2.05, 4.69) is 0 Å². The molecule has 0 N–H and O–H groups in total. The molecule has 9 heteroatoms. The molecule has 2 atom stereocenters. The molecule has 6 rings (SSSR count). The number of Topliss-reactive ketones (excluding diaryl/α,β-unsaturated/α-hetero) is 1. The molecule has 0 radical (unpaired) electrons. The number of ether oxygens (including phenoxy) is 5. The van der Waals surface area contributed by atoms with Crippen molar-refractivity contribution in [3.63, 3.8) is 0 Å². The third-order valence-corrected chi connectivity index (χ3v) is 6.56. The molecule has 6 aliphatic rings. The molecule has 0 aromatic heterocycles. The lowest BCUT2D eigenvalue weighted by atomic mass is 10.2. The minimum atomic E-state index is -0.183. The molecule has 1 saturated heterocycles. The number of methoxy groups -OCH3 is 1. The second kappa shape index (κ2) is 17.6. The Kier molecular flexibility index (Phi) is 15.0. The largest absolute Gasteiger partial charge is 0.466 e. The minimum absolute atomic E-state index is 0.0625. The number of rotatable bonds is 10. The van der Waals surface area contributed by atoms with Gasteiger partial charge in [0.1, 0.15) is 24.1 Å². The van der Waals surface area contributed by atoms with E-state index in [-0.39, 0.29) is 36.2 Å². The van der Waals surface area contributed by atoms with Crippen LogP contribution in [0, 0.1) is 23.7 Å². The number of ketones is 1. The van der Waals surface area contributed by atoms with Crippen LogP contribution in [0.15, 0.2) is 0 Å². The van der Waals surface area contributed by atoms with Gasteiger partial charge in [-0.15, -0.1) is 0 Å². The Morgan fingerprint density at radius 1 is 0.718 bits per heavy atom. The lowest BCUT2D eigenvalue weighted by molar-refractivity contribution is -0.148. The van der Waals surface area contributed by atoms with Crippen LogP contribution in [0.4, 0.5) is 0 Å². The number of carbonyl (C=O) groups is 4. The van der Waals surface area contributed by atoms with E-state index < -0.39 is 0 Å². The van der Waals surface area contributed by atoms with Crippen molar-refractivity contribution in [3.05, 3.63) is 0 Å². The summed E-state index contributed by atoms with van der Waals surface area (Å²) in [4.78, 5) is 41.2. The van der Waals surface area contributed by atoms with Gasteiger partial charge in [-0.2, -0.15) is 0 Å². The fourth-order valence-corrected chi connectivity index (χ4v) is 3.53. The van der Waals surface area contributed by atoms with Gasteiger partial charge in [-0.1, -0.05) is 0 Å². The van der Waals surface area contributed by atoms with Gasteiger partial charge in [-0.25, -0.2) is 0 Å². The first-order valence-electron chi connectivity index (χ1n) is 14.6. The Labute approximate surface area is 234 Å². The van der Waals surface area contributed by atoms with Crippen LogP contribution in [-0.2, 0) is 42.9 Å². The molecule has 5 aliphatic carbocycles. The van der Waals surface area contributed by atoms with Gasteiger partial charge in [-0.3, -0.25) is 14.4 Å². The highest BCUT2D eigenvalue weighted by atomic mass is 16.6. The molecule has 0 bridgehead atoms. The lowest BCUT2D eigenvalue weighted by Crippen LogP contribution is -2.24. The van der Waals surface area contributed by atoms with Crippen LogP contribution < -0.4 is 0 Å². The highest BCUT2D eigenvalue weighted by Crippen LogP contribution is 2.39. The zero-order valence-corrected chi connectivity index (χ0v) is 24.6. The normalized spacial score (nSPS) is 22.7. The topological polar surface area (TPSA) is 118 Å². The second-order valence-electron chi connectivity index (χ2n) is 11.6. The molecule has 0 aromatic rings. The van der Waals surface area contributed by atoms with Crippen LogP contribution in [0.25, 0.3) is 0 Å². The molecular formula is C30H50O9. The average molecular weight is 555 g/mol. The standard InChI is InChI=1S/C8H12O3.C6H10O2.C6H10O.C5H8O2.C5H10O/c1-5(9)11-8(6-2-3-6)7-4-10-7;1-5(7)8-4-6-2-3-6;1-5(7)4-6-2-3-6;1-4(6)7-5-2-3-5;1-6-4-5-2-3-5/h6-8H,2-4H2,1H3;6H,2-4H2,1H3;6H,2-4H2,1H3;5H,2-3H2,1H3;5H,2-4H2,1H3. The van der Waals surface area contributed by atoms with Crippen molar-refractivity contribution in [2.24, 2.45) is 23.7 Å². The summed E-state index contributed by atoms with van der Waals surface area (Å²) in [5, 5.41) is 0. The average Bonchev–Trinajstić information content (AvgIpc) is 3.63. The van der Waals surface area contributed by atoms with Crippen LogP contribution in [0.3, 0.4) is 0 Å². The highest BCUT2D eigenvalue weighted by Gasteiger charge is 2.45. The molecule has 0 spiro atoms. The number of esters is 3. The quantitative estimate of drug-likeness (QED) is 0.213. The van der Waals surface area contributed by atoms with E-state index in [4.69, 9.17) is 23.7 Å². The molecule has 39 heavy (non-hydrogen) atoms. The zero-order valence-electron chi connectivity index (χ0n) is 24.6. The monoisotopic (exact) mass is 554 g/mol. The SMILES string of the molecule is CC(=O)CC1CC1.CC(=O)OC(C1CC1)C1CO1.CC(=O)OC1CC1.CC(=O)OCC1CC1.COCC1CC1. The maximum atomic E-state index is 10.6. The van der Waals surface area contributed by atoms with Gasteiger partial charge < -0.3 is 28.5 Å². The molecule has 1 aliphatic heterocycles. The van der Waals surface area contributed by atoms with Crippen LogP contribution in [-0.4, -0.2) is 68.9 Å². The Bertz CT molecular complexity index is 722. The number of carbonyl (C=O) groups excluding carboxylic acids is 4. The maximum Gasteiger partial charge on any atom is 0.303 e. The first kappa shape index (κ1) is 33.2. The van der Waals surface area contributed by atoms with Crippen LogP contribution in [0.2, 0.25) is 0 Å². The van der Waals surface area contributed by atoms with Crippen LogP contribution in [0.1, 0.15) is 98.3 Å². The Morgan fingerprint density at radius 3 is 1.51 bits per heavy atom. The van der Waals surface area contributed by atoms with Gasteiger partial charge in [0.15, 0.2) is 0 Å². The predicted octanol–water partition coefficient (Wildman–Crippen LogP) is 4.82. The second-order valence-corrected chi connectivity index (χ2v) is 11.6. The lowest BCUT2D eigenvalue weighted by Gasteiger charge is -2.12. The summed E-state index contributed by atoms with van der Waals surface area (Å²) in [5.41, 5.74) is 0. The number of hydrogen-bond donors (Lipinski definition) is 0. The molecule has 6 fully saturated rings. The summed E-state index contributed by atoms with van der Waals surface area (Å²) in [6.07, 6.45) is 13.8. The van der Waals surface area contributed by atoms with Gasteiger partial charge in [0.05, 0.1) is 13.2 Å². The van der Waals surface area contributed by atoms with Gasteiger partial charge >= 0.3 is 17.9 Å². The van der Waals surface area contributed by atoms with E-state index >= 15 is 0 Å². The number of hydrogen-bond acceptors (Lipinski definition) is 9. The summed E-state index contributed by atoms with van der Waals surface area (Å²) >= 11 is 0. The highest BCUT2D eigenvalue weighted by molar-refractivity contribution is 5.76. The van der Waals surface area contributed by atoms with Gasteiger partial charge in [-0.05, 0) is 94.8 Å². The molecule has 9 nitrogen and oxygen atoms in total. The molecule has 2 unspecified atom stereocenters. The predicted molar refractivity (Wildman–Crippen MR) is 145 cm³/mol. The molecule has 1 heterocycles. The van der Waals surface area contributed by atoms with E-state index in [1.165, 1.54) is 72.1 Å². The van der Waals surface area contributed by atoms with E-state index in [0.29, 0.717) is 24.2 Å². The van der Waals surface area contributed by atoms with Crippen molar-refractivity contribution in [2.75, 3.05) is 26.9 Å². The van der Waals surface area contributed by atoms with E-state index in [0.717, 1.165) is 44.3 Å². The van der Waals surface area contributed by atoms with Crippen molar-refractivity contribution < 1.29 is 42.9 Å². The van der Waals surface area contributed by atoms with Gasteiger partial charge in [0.2, 0.25) is 0 Å². The zero-order chi connectivity index (χ0) is 28.8. The van der Waals surface area contributed by atoms with Crippen molar-refractivity contribution >= 4 is 23.7 Å². The first-order valence-corrected chi connectivity index (χ1v) is 14.6. The Hall–Kier alpha value is -2.00. The fraction of sp³-hybridized carbons (Fsp3) is 0.867. The third kappa shape index (κ3) is 21.5. The molecule has 224 valence electrons. The fourth-order valence-electron chi connectivity index (χ4n) is 3.53. The van der Waals surface area contributed by atoms with Crippen molar-refractivity contribution in [1.82, 2.24) is 0 Å². The summed E-state index contributed by atoms with van der Waals surface area (Å²) in [6, 6.07) is 0. The van der Waals surface area contributed by atoms with Crippen molar-refractivity contribution in [3.8, 4) is 0 Å². The Morgan fingerprint density at radius 2 is 1.26 bits per heavy atom. The van der Waals surface area contributed by atoms with Crippen LogP contribution in [0.5, 0.6) is 0 Å². The maximum absolute atomic E-state index is 10.6. The molecule has 5 saturated carbocycles. The van der Waals surface area contributed by atoms with Gasteiger partial charge in [0, 0.05) is 40.9 Å².